The number of piperidine rings is 1. The first-order chi connectivity index (χ1) is 9.84. The second kappa shape index (κ2) is 4.59. The third kappa shape index (κ3) is 1.73. The Balaban J connectivity index is 1.85. The molecule has 1 unspecified atom stereocenters. The van der Waals surface area contributed by atoms with E-state index in [1.807, 2.05) is 23.2 Å². The molecule has 2 aromatic rings. The SMILES string of the molecule is O=C1Cn2ccnc2C(C2CCNCC2)c2cc[nH]c21. The Hall–Kier alpha value is -1.88. The Morgan fingerprint density at radius 1 is 1.30 bits per heavy atom. The molecule has 0 saturated carbocycles. The fraction of sp³-hybridized carbons (Fsp3) is 0.467. The number of hydrogen-bond donors (Lipinski definition) is 2. The number of rotatable bonds is 1. The Bertz CT molecular complexity index is 636. The molecule has 4 rings (SSSR count). The summed E-state index contributed by atoms with van der Waals surface area (Å²) in [5.41, 5.74) is 1.91. The van der Waals surface area contributed by atoms with Gasteiger partial charge in [-0.15, -0.1) is 0 Å². The van der Waals surface area contributed by atoms with Gasteiger partial charge in [0.2, 0.25) is 0 Å². The van der Waals surface area contributed by atoms with Crippen LogP contribution in [0.5, 0.6) is 0 Å². The summed E-state index contributed by atoms with van der Waals surface area (Å²) in [6.07, 6.45) is 7.89. The van der Waals surface area contributed by atoms with Crippen LogP contribution in [0.1, 0.15) is 40.6 Å². The summed E-state index contributed by atoms with van der Waals surface area (Å²) in [5, 5.41) is 3.41. The number of carbonyl (C=O) groups excluding carboxylic acids is 1. The number of Topliss-reactive ketones (excluding diaryl/α,β-unsaturated/α-hetero) is 1. The summed E-state index contributed by atoms with van der Waals surface area (Å²) in [6.45, 7) is 2.50. The smallest absolute Gasteiger partial charge is 0.198 e. The maximum Gasteiger partial charge on any atom is 0.198 e. The van der Waals surface area contributed by atoms with Gasteiger partial charge < -0.3 is 14.9 Å². The zero-order chi connectivity index (χ0) is 13.5. The van der Waals surface area contributed by atoms with Crippen molar-refractivity contribution in [3.63, 3.8) is 0 Å². The highest BCUT2D eigenvalue weighted by Crippen LogP contribution is 2.39. The van der Waals surface area contributed by atoms with Crippen LogP contribution in [-0.4, -0.2) is 33.4 Å². The van der Waals surface area contributed by atoms with Gasteiger partial charge in [-0.2, -0.15) is 0 Å². The molecule has 2 aliphatic rings. The van der Waals surface area contributed by atoms with Gasteiger partial charge >= 0.3 is 0 Å². The minimum absolute atomic E-state index is 0.153. The molecule has 2 N–H and O–H groups in total. The Labute approximate surface area is 117 Å². The molecular formula is C15H18N4O. The number of ketones is 1. The zero-order valence-corrected chi connectivity index (χ0v) is 11.3. The fourth-order valence-corrected chi connectivity index (χ4v) is 3.63. The van der Waals surface area contributed by atoms with Crippen molar-refractivity contribution < 1.29 is 4.79 Å². The fourth-order valence-electron chi connectivity index (χ4n) is 3.63. The number of hydrogen-bond acceptors (Lipinski definition) is 3. The van der Waals surface area contributed by atoms with E-state index in [1.54, 1.807) is 0 Å². The van der Waals surface area contributed by atoms with Crippen molar-refractivity contribution in [2.75, 3.05) is 13.1 Å². The van der Waals surface area contributed by atoms with Crippen LogP contribution in [-0.2, 0) is 6.54 Å². The molecule has 5 nitrogen and oxygen atoms in total. The zero-order valence-electron chi connectivity index (χ0n) is 11.3. The van der Waals surface area contributed by atoms with Crippen molar-refractivity contribution in [2.24, 2.45) is 5.92 Å². The van der Waals surface area contributed by atoms with Crippen LogP contribution in [0.2, 0.25) is 0 Å². The standard InChI is InChI=1S/C15H18N4O/c20-12-9-19-8-7-18-15(19)13(10-1-4-16-5-2-10)11-3-6-17-14(11)12/h3,6-8,10,13,16-17H,1-2,4-5,9H2. The predicted octanol–water partition coefficient (Wildman–Crippen LogP) is 1.54. The van der Waals surface area contributed by atoms with Crippen molar-refractivity contribution >= 4 is 5.78 Å². The van der Waals surface area contributed by atoms with Crippen molar-refractivity contribution in [2.45, 2.75) is 25.3 Å². The molecule has 20 heavy (non-hydrogen) atoms. The minimum Gasteiger partial charge on any atom is -0.358 e. The highest BCUT2D eigenvalue weighted by molar-refractivity contribution is 5.96. The van der Waals surface area contributed by atoms with Gasteiger partial charge in [0.25, 0.3) is 0 Å². The summed E-state index contributed by atoms with van der Waals surface area (Å²) in [5.74, 6) is 1.99. The molecule has 0 amide bonds. The minimum atomic E-state index is 0.153. The molecule has 2 aromatic heterocycles. The van der Waals surface area contributed by atoms with Crippen LogP contribution in [0.15, 0.2) is 24.7 Å². The summed E-state index contributed by atoms with van der Waals surface area (Å²) in [4.78, 5) is 20.1. The van der Waals surface area contributed by atoms with Crippen LogP contribution in [0.4, 0.5) is 0 Å². The molecule has 0 bridgehead atoms. The van der Waals surface area contributed by atoms with Crippen LogP contribution in [0.25, 0.3) is 0 Å². The number of H-pyrrole nitrogens is 1. The molecule has 5 heteroatoms. The Morgan fingerprint density at radius 3 is 3.00 bits per heavy atom. The van der Waals surface area contributed by atoms with Crippen LogP contribution >= 0.6 is 0 Å². The maximum atomic E-state index is 12.4. The van der Waals surface area contributed by atoms with E-state index >= 15 is 0 Å². The van der Waals surface area contributed by atoms with E-state index in [1.165, 1.54) is 0 Å². The molecule has 1 atom stereocenters. The first-order valence-corrected chi connectivity index (χ1v) is 7.27. The molecule has 0 radical (unpaired) electrons. The van der Waals surface area contributed by atoms with Crippen LogP contribution in [0.3, 0.4) is 0 Å². The van der Waals surface area contributed by atoms with Crippen LogP contribution < -0.4 is 5.32 Å². The lowest BCUT2D eigenvalue weighted by Gasteiger charge is -2.29. The summed E-state index contributed by atoms with van der Waals surface area (Å²) < 4.78 is 2.02. The third-order valence-corrected chi connectivity index (χ3v) is 4.59. The van der Waals surface area contributed by atoms with Gasteiger partial charge in [-0.1, -0.05) is 0 Å². The van der Waals surface area contributed by atoms with Gasteiger partial charge in [-0.3, -0.25) is 4.79 Å². The summed E-state index contributed by atoms with van der Waals surface area (Å²) >= 11 is 0. The van der Waals surface area contributed by atoms with Crippen molar-refractivity contribution in [1.82, 2.24) is 19.9 Å². The molecule has 1 saturated heterocycles. The molecule has 2 aliphatic heterocycles. The van der Waals surface area contributed by atoms with E-state index in [2.05, 4.69) is 21.4 Å². The van der Waals surface area contributed by atoms with Crippen molar-refractivity contribution in [3.8, 4) is 0 Å². The van der Waals surface area contributed by atoms with Gasteiger partial charge in [0.1, 0.15) is 5.82 Å². The normalized spacial score (nSPS) is 23.2. The lowest BCUT2D eigenvalue weighted by molar-refractivity contribution is 0.0968. The molecular weight excluding hydrogens is 252 g/mol. The van der Waals surface area contributed by atoms with E-state index in [4.69, 9.17) is 0 Å². The van der Waals surface area contributed by atoms with E-state index < -0.39 is 0 Å². The van der Waals surface area contributed by atoms with E-state index in [0.29, 0.717) is 12.5 Å². The topological polar surface area (TPSA) is 62.7 Å². The molecule has 4 heterocycles. The summed E-state index contributed by atoms with van der Waals surface area (Å²) in [7, 11) is 0. The molecule has 1 fully saturated rings. The maximum absolute atomic E-state index is 12.4. The Morgan fingerprint density at radius 2 is 2.15 bits per heavy atom. The third-order valence-electron chi connectivity index (χ3n) is 4.59. The number of imidazole rings is 1. The average molecular weight is 270 g/mol. The van der Waals surface area contributed by atoms with E-state index in [0.717, 1.165) is 43.0 Å². The molecule has 104 valence electrons. The lowest BCUT2D eigenvalue weighted by atomic mass is 9.80. The molecule has 0 aliphatic carbocycles. The van der Waals surface area contributed by atoms with Gasteiger partial charge in [0.05, 0.1) is 12.2 Å². The monoisotopic (exact) mass is 270 g/mol. The molecule has 0 spiro atoms. The highest BCUT2D eigenvalue weighted by atomic mass is 16.1. The number of fused-ring (bicyclic) bond motifs is 2. The number of carbonyl (C=O) groups is 1. The average Bonchev–Trinajstić information content (AvgIpc) is 3.09. The second-order valence-corrected chi connectivity index (χ2v) is 5.71. The van der Waals surface area contributed by atoms with Crippen LogP contribution in [0, 0.1) is 5.92 Å². The quantitative estimate of drug-likeness (QED) is 0.826. The first-order valence-electron chi connectivity index (χ1n) is 7.27. The van der Waals surface area contributed by atoms with Crippen molar-refractivity contribution in [3.05, 3.63) is 41.7 Å². The van der Waals surface area contributed by atoms with Gasteiger partial charge in [0.15, 0.2) is 5.78 Å². The number of nitrogens with zero attached hydrogens (tertiary/aromatic N) is 2. The largest absolute Gasteiger partial charge is 0.358 e. The number of aromatic nitrogens is 3. The number of aromatic amines is 1. The second-order valence-electron chi connectivity index (χ2n) is 5.71. The highest BCUT2D eigenvalue weighted by Gasteiger charge is 2.35. The predicted molar refractivity (Wildman–Crippen MR) is 74.8 cm³/mol. The van der Waals surface area contributed by atoms with Gasteiger partial charge in [0, 0.05) is 24.5 Å². The number of nitrogens with one attached hydrogen (secondary N) is 2. The summed E-state index contributed by atoms with van der Waals surface area (Å²) in [6, 6.07) is 2.06. The van der Waals surface area contributed by atoms with Gasteiger partial charge in [-0.25, -0.2) is 4.98 Å². The first kappa shape index (κ1) is 11.9. The Kier molecular flexibility index (Phi) is 2.73. The van der Waals surface area contributed by atoms with Crippen molar-refractivity contribution in [1.29, 1.82) is 0 Å². The lowest BCUT2D eigenvalue weighted by Crippen LogP contribution is -2.32. The van der Waals surface area contributed by atoms with E-state index in [-0.39, 0.29) is 11.7 Å². The molecule has 0 aromatic carbocycles. The van der Waals surface area contributed by atoms with Gasteiger partial charge in [-0.05, 0) is 43.5 Å². The van der Waals surface area contributed by atoms with E-state index in [9.17, 15) is 4.79 Å².